The van der Waals surface area contributed by atoms with Crippen molar-refractivity contribution in [2.24, 2.45) is 5.92 Å². The zero-order valence-electron chi connectivity index (χ0n) is 12.7. The van der Waals surface area contributed by atoms with E-state index in [1.807, 2.05) is 39.0 Å². The van der Waals surface area contributed by atoms with Crippen molar-refractivity contribution in [2.75, 3.05) is 13.1 Å². The van der Waals surface area contributed by atoms with E-state index in [1.54, 1.807) is 0 Å². The Bertz CT molecular complexity index is 514. The standard InChI is InChI=1S/C16H22ClNO3/c1-11(2)9-18(10-16(20)21)15(19)7-6-13-5-4-12(3)14(17)8-13/h4-5,8,11H,6-7,9-10H2,1-3H3,(H,20,21). The molecule has 1 amide bonds. The van der Waals surface area contributed by atoms with E-state index in [0.29, 0.717) is 24.4 Å². The lowest BCUT2D eigenvalue weighted by Crippen LogP contribution is -2.38. The van der Waals surface area contributed by atoms with E-state index in [1.165, 1.54) is 4.90 Å². The molecule has 0 atom stereocenters. The number of amides is 1. The minimum atomic E-state index is -0.984. The van der Waals surface area contributed by atoms with Gasteiger partial charge in [0.15, 0.2) is 0 Å². The first-order valence-corrected chi connectivity index (χ1v) is 7.42. The monoisotopic (exact) mass is 311 g/mol. The highest BCUT2D eigenvalue weighted by atomic mass is 35.5. The maximum atomic E-state index is 12.2. The molecule has 1 N–H and O–H groups in total. The molecule has 0 saturated heterocycles. The molecule has 0 spiro atoms. The summed E-state index contributed by atoms with van der Waals surface area (Å²) in [6.45, 7) is 6.06. The molecule has 0 aliphatic heterocycles. The van der Waals surface area contributed by atoms with Gasteiger partial charge in [-0.1, -0.05) is 37.6 Å². The molecule has 0 bridgehead atoms. The Kier molecular flexibility index (Phi) is 6.69. The average molecular weight is 312 g/mol. The normalized spacial score (nSPS) is 10.7. The number of carboxylic acid groups (broad SMARTS) is 1. The Morgan fingerprint density at radius 1 is 1.33 bits per heavy atom. The van der Waals surface area contributed by atoms with Crippen LogP contribution in [0.3, 0.4) is 0 Å². The van der Waals surface area contributed by atoms with Gasteiger partial charge in [0.25, 0.3) is 0 Å². The minimum Gasteiger partial charge on any atom is -0.480 e. The number of nitrogens with zero attached hydrogens (tertiary/aromatic N) is 1. The second kappa shape index (κ2) is 8.03. The van der Waals surface area contributed by atoms with E-state index in [0.717, 1.165) is 11.1 Å². The molecule has 5 heteroatoms. The quantitative estimate of drug-likeness (QED) is 0.841. The van der Waals surface area contributed by atoms with Gasteiger partial charge in [0.2, 0.25) is 5.91 Å². The van der Waals surface area contributed by atoms with E-state index < -0.39 is 5.97 Å². The summed E-state index contributed by atoms with van der Waals surface area (Å²) in [6.07, 6.45) is 0.854. The first kappa shape index (κ1) is 17.5. The van der Waals surface area contributed by atoms with Gasteiger partial charge in [-0.3, -0.25) is 9.59 Å². The van der Waals surface area contributed by atoms with Crippen LogP contribution in [0.4, 0.5) is 0 Å². The fraction of sp³-hybridized carbons (Fsp3) is 0.500. The fourth-order valence-corrected chi connectivity index (χ4v) is 2.26. The Labute approximate surface area is 130 Å². The smallest absolute Gasteiger partial charge is 0.323 e. The molecule has 0 aliphatic carbocycles. The van der Waals surface area contributed by atoms with Gasteiger partial charge in [-0.2, -0.15) is 0 Å². The molecule has 21 heavy (non-hydrogen) atoms. The van der Waals surface area contributed by atoms with E-state index >= 15 is 0 Å². The molecule has 4 nitrogen and oxygen atoms in total. The molecule has 0 aromatic heterocycles. The highest BCUT2D eigenvalue weighted by molar-refractivity contribution is 6.31. The maximum Gasteiger partial charge on any atom is 0.323 e. The molecule has 0 saturated carbocycles. The summed E-state index contributed by atoms with van der Waals surface area (Å²) >= 11 is 6.06. The SMILES string of the molecule is Cc1ccc(CCC(=O)N(CC(=O)O)CC(C)C)cc1Cl. The number of benzene rings is 1. The van der Waals surface area contributed by atoms with Gasteiger partial charge in [0.1, 0.15) is 6.54 Å². The molecule has 0 aliphatic rings. The van der Waals surface area contributed by atoms with Crippen molar-refractivity contribution >= 4 is 23.5 Å². The van der Waals surface area contributed by atoms with E-state index in [2.05, 4.69) is 0 Å². The Morgan fingerprint density at radius 2 is 2.00 bits per heavy atom. The third-order valence-electron chi connectivity index (χ3n) is 3.13. The number of rotatable bonds is 7. The highest BCUT2D eigenvalue weighted by Crippen LogP contribution is 2.18. The number of halogens is 1. The van der Waals surface area contributed by atoms with Crippen LogP contribution in [0.25, 0.3) is 0 Å². The number of aliphatic carboxylic acids is 1. The largest absolute Gasteiger partial charge is 0.480 e. The third-order valence-corrected chi connectivity index (χ3v) is 3.54. The van der Waals surface area contributed by atoms with E-state index in [-0.39, 0.29) is 18.4 Å². The van der Waals surface area contributed by atoms with Crippen molar-refractivity contribution in [1.29, 1.82) is 0 Å². The van der Waals surface area contributed by atoms with Crippen LogP contribution in [-0.4, -0.2) is 35.0 Å². The van der Waals surface area contributed by atoms with Crippen LogP contribution in [0.1, 0.15) is 31.4 Å². The predicted molar refractivity (Wildman–Crippen MR) is 83.6 cm³/mol. The van der Waals surface area contributed by atoms with Crippen molar-refractivity contribution < 1.29 is 14.7 Å². The van der Waals surface area contributed by atoms with Gasteiger partial charge in [0.05, 0.1) is 0 Å². The molecule has 0 heterocycles. The van der Waals surface area contributed by atoms with Gasteiger partial charge in [-0.15, -0.1) is 0 Å². The third kappa shape index (κ3) is 6.17. The summed E-state index contributed by atoms with van der Waals surface area (Å²) < 4.78 is 0. The van der Waals surface area contributed by atoms with Crippen molar-refractivity contribution in [3.8, 4) is 0 Å². The molecular weight excluding hydrogens is 290 g/mol. The second-order valence-electron chi connectivity index (χ2n) is 5.65. The van der Waals surface area contributed by atoms with Crippen LogP contribution in [0.15, 0.2) is 18.2 Å². The van der Waals surface area contributed by atoms with Crippen molar-refractivity contribution in [1.82, 2.24) is 4.90 Å². The molecule has 1 aromatic rings. The topological polar surface area (TPSA) is 57.6 Å². The molecule has 0 unspecified atom stereocenters. The lowest BCUT2D eigenvalue weighted by molar-refractivity contribution is -0.144. The van der Waals surface area contributed by atoms with Crippen LogP contribution in [0, 0.1) is 12.8 Å². The number of carbonyl (C=O) groups excluding carboxylic acids is 1. The van der Waals surface area contributed by atoms with E-state index in [9.17, 15) is 9.59 Å². The highest BCUT2D eigenvalue weighted by Gasteiger charge is 2.17. The van der Waals surface area contributed by atoms with Gasteiger partial charge >= 0.3 is 5.97 Å². The van der Waals surface area contributed by atoms with Crippen LogP contribution in [0.2, 0.25) is 5.02 Å². The van der Waals surface area contributed by atoms with Gasteiger partial charge in [-0.05, 0) is 36.5 Å². The molecule has 0 fully saturated rings. The lowest BCUT2D eigenvalue weighted by atomic mass is 10.1. The molecule has 0 radical (unpaired) electrons. The number of hydrogen-bond acceptors (Lipinski definition) is 2. The average Bonchev–Trinajstić information content (AvgIpc) is 2.38. The summed E-state index contributed by atoms with van der Waals surface area (Å²) in [6, 6.07) is 5.72. The van der Waals surface area contributed by atoms with Gasteiger partial charge < -0.3 is 10.0 Å². The number of aryl methyl sites for hydroxylation is 2. The summed E-state index contributed by atoms with van der Waals surface area (Å²) in [5.41, 5.74) is 1.98. The minimum absolute atomic E-state index is 0.136. The summed E-state index contributed by atoms with van der Waals surface area (Å²) in [4.78, 5) is 24.4. The summed E-state index contributed by atoms with van der Waals surface area (Å²) in [5.74, 6) is -0.882. The fourth-order valence-electron chi connectivity index (χ4n) is 2.06. The number of carbonyl (C=O) groups is 2. The second-order valence-corrected chi connectivity index (χ2v) is 6.05. The van der Waals surface area contributed by atoms with Crippen molar-refractivity contribution in [2.45, 2.75) is 33.6 Å². The Morgan fingerprint density at radius 3 is 2.52 bits per heavy atom. The molecular formula is C16H22ClNO3. The zero-order valence-corrected chi connectivity index (χ0v) is 13.5. The molecule has 1 aromatic carbocycles. The summed E-state index contributed by atoms with van der Waals surface area (Å²) in [5, 5.41) is 9.57. The Balaban J connectivity index is 2.63. The van der Waals surface area contributed by atoms with Crippen molar-refractivity contribution in [3.05, 3.63) is 34.3 Å². The number of carboxylic acids is 1. The Hall–Kier alpha value is -1.55. The van der Waals surface area contributed by atoms with Crippen LogP contribution < -0.4 is 0 Å². The maximum absolute atomic E-state index is 12.2. The molecule has 116 valence electrons. The molecule has 1 rings (SSSR count). The lowest BCUT2D eigenvalue weighted by Gasteiger charge is -2.22. The van der Waals surface area contributed by atoms with Gasteiger partial charge in [-0.25, -0.2) is 0 Å². The van der Waals surface area contributed by atoms with Crippen LogP contribution in [-0.2, 0) is 16.0 Å². The van der Waals surface area contributed by atoms with E-state index in [4.69, 9.17) is 16.7 Å². The first-order chi connectivity index (χ1) is 9.79. The number of hydrogen-bond donors (Lipinski definition) is 1. The van der Waals surface area contributed by atoms with Gasteiger partial charge in [0, 0.05) is 18.0 Å². The predicted octanol–water partition coefficient (Wildman–Crippen LogP) is 3.15. The first-order valence-electron chi connectivity index (χ1n) is 7.04. The zero-order chi connectivity index (χ0) is 16.0. The van der Waals surface area contributed by atoms with Crippen LogP contribution in [0.5, 0.6) is 0 Å². The summed E-state index contributed by atoms with van der Waals surface area (Å²) in [7, 11) is 0. The van der Waals surface area contributed by atoms with Crippen molar-refractivity contribution in [3.63, 3.8) is 0 Å². The van der Waals surface area contributed by atoms with Crippen LogP contribution >= 0.6 is 11.6 Å².